The summed E-state index contributed by atoms with van der Waals surface area (Å²) in [6.45, 7) is 8.00. The first kappa shape index (κ1) is 25.4. The van der Waals surface area contributed by atoms with E-state index in [1.807, 2.05) is 56.3 Å². The number of urea groups is 1. The quantitative estimate of drug-likeness (QED) is 0.260. The van der Waals surface area contributed by atoms with Crippen LogP contribution in [0, 0.1) is 13.8 Å². The summed E-state index contributed by atoms with van der Waals surface area (Å²) in [6, 6.07) is 17.7. The number of barbiturate groups is 1. The minimum absolute atomic E-state index is 0.164. The first-order valence-electron chi connectivity index (χ1n) is 11.8. The zero-order valence-corrected chi connectivity index (χ0v) is 21.0. The summed E-state index contributed by atoms with van der Waals surface area (Å²) < 4.78 is 11.7. The smallest absolute Gasteiger partial charge is 0.335 e. The number of hydrogen-bond acceptors (Lipinski definition) is 5. The van der Waals surface area contributed by atoms with Crippen LogP contribution in [-0.4, -0.2) is 25.0 Å². The zero-order chi connectivity index (χ0) is 26.5. The number of carbonyl (C=O) groups is 3. The molecular formula is C30H28N2O5. The number of allylic oxidation sites excluding steroid dienone is 1. The van der Waals surface area contributed by atoms with E-state index in [0.717, 1.165) is 27.2 Å². The number of imide groups is 2. The average molecular weight is 497 g/mol. The Labute approximate surface area is 216 Å². The van der Waals surface area contributed by atoms with Crippen LogP contribution in [0.5, 0.6) is 11.5 Å². The molecule has 0 unspecified atom stereocenters. The molecule has 188 valence electrons. The van der Waals surface area contributed by atoms with Gasteiger partial charge >= 0.3 is 6.03 Å². The molecule has 0 saturated carbocycles. The topological polar surface area (TPSA) is 84.9 Å². The van der Waals surface area contributed by atoms with E-state index < -0.39 is 17.8 Å². The lowest BCUT2D eigenvalue weighted by molar-refractivity contribution is -0.122. The third kappa shape index (κ3) is 5.46. The summed E-state index contributed by atoms with van der Waals surface area (Å²) >= 11 is 0. The number of aryl methyl sites for hydroxylation is 2. The van der Waals surface area contributed by atoms with Crippen LogP contribution in [0.25, 0.3) is 6.08 Å². The molecule has 0 aromatic heterocycles. The Morgan fingerprint density at radius 3 is 2.41 bits per heavy atom. The maximum absolute atomic E-state index is 13.3. The van der Waals surface area contributed by atoms with Crippen molar-refractivity contribution in [3.8, 4) is 11.5 Å². The van der Waals surface area contributed by atoms with Crippen LogP contribution >= 0.6 is 0 Å². The lowest BCUT2D eigenvalue weighted by Gasteiger charge is -2.27. The Morgan fingerprint density at radius 1 is 0.973 bits per heavy atom. The fourth-order valence-electron chi connectivity index (χ4n) is 4.04. The molecule has 0 bridgehead atoms. The number of nitrogens with one attached hydrogen (secondary N) is 1. The van der Waals surface area contributed by atoms with Crippen molar-refractivity contribution in [2.45, 2.75) is 26.9 Å². The number of ether oxygens (including phenoxy) is 2. The lowest BCUT2D eigenvalue weighted by atomic mass is 10.0. The second kappa shape index (κ2) is 11.0. The average Bonchev–Trinajstić information content (AvgIpc) is 2.88. The van der Waals surface area contributed by atoms with Gasteiger partial charge in [-0.1, -0.05) is 42.5 Å². The molecule has 1 N–H and O–H groups in total. The Bertz CT molecular complexity index is 1410. The predicted octanol–water partition coefficient (Wildman–Crippen LogP) is 5.29. The van der Waals surface area contributed by atoms with Crippen LogP contribution < -0.4 is 19.7 Å². The van der Waals surface area contributed by atoms with Gasteiger partial charge in [0.2, 0.25) is 0 Å². The zero-order valence-electron chi connectivity index (χ0n) is 21.0. The van der Waals surface area contributed by atoms with Crippen molar-refractivity contribution < 1.29 is 23.9 Å². The molecule has 37 heavy (non-hydrogen) atoms. The summed E-state index contributed by atoms with van der Waals surface area (Å²) in [4.78, 5) is 39.6. The number of nitrogens with zero attached hydrogens (tertiary/aromatic N) is 1. The Balaban J connectivity index is 1.71. The second-order valence-electron chi connectivity index (χ2n) is 8.70. The van der Waals surface area contributed by atoms with Gasteiger partial charge in [-0.25, -0.2) is 9.69 Å². The van der Waals surface area contributed by atoms with Crippen LogP contribution in [0.2, 0.25) is 0 Å². The molecule has 4 amide bonds. The maximum Gasteiger partial charge on any atom is 0.335 e. The molecule has 0 spiro atoms. The molecule has 1 fully saturated rings. The van der Waals surface area contributed by atoms with Crippen molar-refractivity contribution in [3.05, 3.63) is 107 Å². The SMILES string of the molecule is C=CCc1cc(/C=C2\C(=O)NC(=O)N(c3ccc(C)c(C)c3)C2=O)cc(OC)c1OCc1ccccc1. The van der Waals surface area contributed by atoms with Crippen LogP contribution in [0.1, 0.15) is 27.8 Å². The lowest BCUT2D eigenvalue weighted by Crippen LogP contribution is -2.54. The molecule has 0 radical (unpaired) electrons. The highest BCUT2D eigenvalue weighted by Crippen LogP contribution is 2.35. The molecule has 3 aromatic carbocycles. The molecule has 1 aliphatic heterocycles. The number of amides is 4. The molecule has 4 rings (SSSR count). The van der Waals surface area contributed by atoms with Gasteiger partial charge in [0.05, 0.1) is 12.8 Å². The van der Waals surface area contributed by atoms with Crippen molar-refractivity contribution in [1.82, 2.24) is 5.32 Å². The molecule has 7 nitrogen and oxygen atoms in total. The number of benzene rings is 3. The third-order valence-corrected chi connectivity index (χ3v) is 6.13. The first-order chi connectivity index (χ1) is 17.8. The van der Waals surface area contributed by atoms with Crippen LogP contribution in [0.4, 0.5) is 10.5 Å². The van der Waals surface area contributed by atoms with Crippen molar-refractivity contribution in [1.29, 1.82) is 0 Å². The molecule has 7 heteroatoms. The van der Waals surface area contributed by atoms with Gasteiger partial charge in [-0.15, -0.1) is 6.58 Å². The molecule has 0 aliphatic carbocycles. The number of hydrogen-bond donors (Lipinski definition) is 1. The second-order valence-corrected chi connectivity index (χ2v) is 8.70. The van der Waals surface area contributed by atoms with Gasteiger partial charge in [0.1, 0.15) is 12.2 Å². The summed E-state index contributed by atoms with van der Waals surface area (Å²) in [7, 11) is 1.53. The summed E-state index contributed by atoms with van der Waals surface area (Å²) in [5.41, 5.74) is 4.50. The highest BCUT2D eigenvalue weighted by molar-refractivity contribution is 6.39. The molecule has 1 aliphatic rings. The van der Waals surface area contributed by atoms with Crippen molar-refractivity contribution >= 4 is 29.6 Å². The highest BCUT2D eigenvalue weighted by Gasteiger charge is 2.37. The predicted molar refractivity (Wildman–Crippen MR) is 143 cm³/mol. The van der Waals surface area contributed by atoms with Crippen molar-refractivity contribution in [3.63, 3.8) is 0 Å². The maximum atomic E-state index is 13.3. The summed E-state index contributed by atoms with van der Waals surface area (Å²) in [6.07, 6.45) is 3.67. The van der Waals surface area contributed by atoms with E-state index in [0.29, 0.717) is 35.8 Å². The first-order valence-corrected chi connectivity index (χ1v) is 11.8. The van der Waals surface area contributed by atoms with Gasteiger partial charge in [-0.05, 0) is 72.9 Å². The molecule has 0 atom stereocenters. The molecule has 1 heterocycles. The van der Waals surface area contributed by atoms with E-state index in [2.05, 4.69) is 11.9 Å². The summed E-state index contributed by atoms with van der Waals surface area (Å²) in [5, 5.41) is 2.27. The molecule has 1 saturated heterocycles. The monoisotopic (exact) mass is 496 g/mol. The van der Waals surface area contributed by atoms with Gasteiger partial charge < -0.3 is 9.47 Å². The van der Waals surface area contributed by atoms with E-state index in [1.165, 1.54) is 13.2 Å². The highest BCUT2D eigenvalue weighted by atomic mass is 16.5. The Hall–Kier alpha value is -4.65. The van der Waals surface area contributed by atoms with Crippen LogP contribution in [0.15, 0.2) is 78.9 Å². The number of methoxy groups -OCH3 is 1. The van der Waals surface area contributed by atoms with Crippen LogP contribution in [-0.2, 0) is 22.6 Å². The van der Waals surface area contributed by atoms with Gasteiger partial charge in [0.25, 0.3) is 11.8 Å². The van der Waals surface area contributed by atoms with Gasteiger partial charge in [-0.3, -0.25) is 14.9 Å². The van der Waals surface area contributed by atoms with Gasteiger partial charge in [0, 0.05) is 5.56 Å². The van der Waals surface area contributed by atoms with Crippen molar-refractivity contribution in [2.75, 3.05) is 12.0 Å². The largest absolute Gasteiger partial charge is 0.493 e. The number of carbonyl (C=O) groups excluding carboxylic acids is 3. The van der Waals surface area contributed by atoms with E-state index in [4.69, 9.17) is 9.47 Å². The molecule has 3 aromatic rings. The normalized spacial score (nSPS) is 14.5. The van der Waals surface area contributed by atoms with E-state index in [-0.39, 0.29) is 5.57 Å². The van der Waals surface area contributed by atoms with E-state index >= 15 is 0 Å². The van der Waals surface area contributed by atoms with E-state index in [9.17, 15) is 14.4 Å². The molecular weight excluding hydrogens is 468 g/mol. The fourth-order valence-corrected chi connectivity index (χ4v) is 4.04. The fraction of sp³-hybridized carbons (Fsp3) is 0.167. The minimum atomic E-state index is -0.787. The van der Waals surface area contributed by atoms with Gasteiger partial charge in [-0.2, -0.15) is 0 Å². The number of rotatable bonds is 8. The third-order valence-electron chi connectivity index (χ3n) is 6.13. The Morgan fingerprint density at radius 2 is 1.73 bits per heavy atom. The Kier molecular flexibility index (Phi) is 7.53. The standard InChI is InChI=1S/C30H28N2O5/c1-5-9-23-15-22(17-26(36-4)27(23)37-18-21-10-7-6-8-11-21)16-25-28(33)31-30(35)32(29(25)34)24-13-12-19(2)20(3)14-24/h5-8,10-17H,1,9,18H2,2-4H3,(H,31,33,35)/b25-16+. The minimum Gasteiger partial charge on any atom is -0.493 e. The summed E-state index contributed by atoms with van der Waals surface area (Å²) in [5.74, 6) is -0.456. The van der Waals surface area contributed by atoms with Crippen molar-refractivity contribution in [2.24, 2.45) is 0 Å². The number of anilines is 1. The van der Waals surface area contributed by atoms with Crippen LogP contribution in [0.3, 0.4) is 0 Å². The van der Waals surface area contributed by atoms with E-state index in [1.54, 1.807) is 24.3 Å². The van der Waals surface area contributed by atoms with Gasteiger partial charge in [0.15, 0.2) is 11.5 Å².